The van der Waals surface area contributed by atoms with E-state index in [1.165, 1.54) is 11.3 Å². The maximum absolute atomic E-state index is 11.8. The van der Waals surface area contributed by atoms with Crippen molar-refractivity contribution in [2.24, 2.45) is 5.16 Å². The van der Waals surface area contributed by atoms with E-state index in [-0.39, 0.29) is 23.9 Å². The van der Waals surface area contributed by atoms with Gasteiger partial charge in [0.2, 0.25) is 11.8 Å². The number of hydrogen-bond acceptors (Lipinski definition) is 8. The average Bonchev–Trinajstić information content (AvgIpc) is 3.00. The Balaban J connectivity index is 2.17. The number of thiazole rings is 1. The second kappa shape index (κ2) is 6.33. The van der Waals surface area contributed by atoms with Gasteiger partial charge in [0.05, 0.1) is 6.61 Å². The van der Waals surface area contributed by atoms with Crippen molar-refractivity contribution >= 4 is 34.1 Å². The number of carbonyl (C=O) groups is 2. The Bertz CT molecular complexity index is 542. The van der Waals surface area contributed by atoms with Gasteiger partial charge in [-0.3, -0.25) is 4.79 Å². The number of anilines is 1. The van der Waals surface area contributed by atoms with Crippen LogP contribution in [0.25, 0.3) is 0 Å². The molecule has 9 heteroatoms. The molecule has 1 fully saturated rings. The normalized spacial score (nSPS) is 18.8. The molecule has 3 N–H and O–H groups in total. The predicted octanol–water partition coefficient (Wildman–Crippen LogP) is -0.102. The van der Waals surface area contributed by atoms with E-state index in [0.29, 0.717) is 18.1 Å². The van der Waals surface area contributed by atoms with Crippen molar-refractivity contribution < 1.29 is 19.2 Å². The van der Waals surface area contributed by atoms with Gasteiger partial charge in [0.15, 0.2) is 5.13 Å². The highest BCUT2D eigenvalue weighted by Gasteiger charge is 2.27. The number of nitrogens with one attached hydrogen (secondary N) is 1. The van der Waals surface area contributed by atoms with Gasteiger partial charge in [0, 0.05) is 18.3 Å². The number of amides is 1. The van der Waals surface area contributed by atoms with Gasteiger partial charge in [-0.05, 0) is 6.92 Å². The van der Waals surface area contributed by atoms with Gasteiger partial charge >= 0.3 is 5.97 Å². The lowest BCUT2D eigenvalue weighted by molar-refractivity contribution is -0.136. The first-order chi connectivity index (χ1) is 9.61. The van der Waals surface area contributed by atoms with Crippen LogP contribution in [-0.4, -0.2) is 41.8 Å². The van der Waals surface area contributed by atoms with E-state index in [0.717, 1.165) is 0 Å². The zero-order chi connectivity index (χ0) is 14.5. The molecule has 1 aliphatic rings. The Morgan fingerprint density at radius 3 is 3.05 bits per heavy atom. The molecule has 1 unspecified atom stereocenters. The lowest BCUT2D eigenvalue weighted by atomic mass is 10.3. The van der Waals surface area contributed by atoms with Crippen LogP contribution >= 0.6 is 11.3 Å². The summed E-state index contributed by atoms with van der Waals surface area (Å²) >= 11 is 1.17. The van der Waals surface area contributed by atoms with Crippen LogP contribution in [0.2, 0.25) is 0 Å². The zero-order valence-corrected chi connectivity index (χ0v) is 11.6. The number of nitrogens with two attached hydrogens (primary N) is 1. The molecule has 1 aromatic heterocycles. The fourth-order valence-electron chi connectivity index (χ4n) is 1.57. The van der Waals surface area contributed by atoms with Crippen molar-refractivity contribution in [3.8, 4) is 0 Å². The average molecular weight is 298 g/mol. The first kappa shape index (κ1) is 14.3. The monoisotopic (exact) mass is 298 g/mol. The maximum atomic E-state index is 11.8. The van der Waals surface area contributed by atoms with E-state index in [9.17, 15) is 9.59 Å². The van der Waals surface area contributed by atoms with Crippen LogP contribution in [0.4, 0.5) is 5.13 Å². The Labute approximate surface area is 118 Å². The third kappa shape index (κ3) is 3.23. The SMILES string of the molecule is CCOC(=O)/C(=N/OC1CCNC1=O)c1csc(N)n1. The van der Waals surface area contributed by atoms with E-state index >= 15 is 0 Å². The van der Waals surface area contributed by atoms with Gasteiger partial charge in [-0.2, -0.15) is 0 Å². The van der Waals surface area contributed by atoms with E-state index in [1.54, 1.807) is 12.3 Å². The molecule has 0 aromatic carbocycles. The molecule has 1 amide bonds. The molecule has 0 bridgehead atoms. The summed E-state index contributed by atoms with van der Waals surface area (Å²) in [4.78, 5) is 32.3. The number of ether oxygens (including phenoxy) is 1. The summed E-state index contributed by atoms with van der Waals surface area (Å²) < 4.78 is 4.88. The Hall–Kier alpha value is -2.16. The predicted molar refractivity (Wildman–Crippen MR) is 72.2 cm³/mol. The smallest absolute Gasteiger partial charge is 0.362 e. The minimum atomic E-state index is -0.699. The van der Waals surface area contributed by atoms with Crippen molar-refractivity contribution in [2.45, 2.75) is 19.4 Å². The van der Waals surface area contributed by atoms with Gasteiger partial charge < -0.3 is 20.6 Å². The highest BCUT2D eigenvalue weighted by atomic mass is 32.1. The fourth-order valence-corrected chi connectivity index (χ4v) is 2.12. The summed E-state index contributed by atoms with van der Waals surface area (Å²) in [6.45, 7) is 2.40. The lowest BCUT2D eigenvalue weighted by Crippen LogP contribution is -2.26. The first-order valence-electron chi connectivity index (χ1n) is 6.01. The van der Waals surface area contributed by atoms with Crippen molar-refractivity contribution in [3.05, 3.63) is 11.1 Å². The number of nitrogens with zero attached hydrogens (tertiary/aromatic N) is 2. The molecule has 0 radical (unpaired) electrons. The molecule has 2 heterocycles. The fraction of sp³-hybridized carbons (Fsp3) is 0.455. The third-order valence-corrected chi connectivity index (χ3v) is 3.18. The van der Waals surface area contributed by atoms with Crippen molar-refractivity contribution in [3.63, 3.8) is 0 Å². The summed E-state index contributed by atoms with van der Waals surface area (Å²) in [6.07, 6.45) is -0.201. The molecule has 1 aliphatic heterocycles. The van der Waals surface area contributed by atoms with Gasteiger partial charge in [-0.15, -0.1) is 11.3 Å². The van der Waals surface area contributed by atoms with Crippen molar-refractivity contribution in [2.75, 3.05) is 18.9 Å². The highest BCUT2D eigenvalue weighted by molar-refractivity contribution is 7.13. The number of esters is 1. The minimum Gasteiger partial charge on any atom is -0.461 e. The van der Waals surface area contributed by atoms with Gasteiger partial charge in [-0.1, -0.05) is 5.16 Å². The molecule has 0 spiro atoms. The summed E-state index contributed by atoms with van der Waals surface area (Å²) in [5, 5.41) is 8.21. The summed E-state index contributed by atoms with van der Waals surface area (Å²) in [7, 11) is 0. The van der Waals surface area contributed by atoms with Gasteiger partial charge in [0.25, 0.3) is 5.91 Å². The first-order valence-corrected chi connectivity index (χ1v) is 6.89. The third-order valence-electron chi connectivity index (χ3n) is 2.50. The molecule has 108 valence electrons. The quantitative estimate of drug-likeness (QED) is 0.445. The highest BCUT2D eigenvalue weighted by Crippen LogP contribution is 2.14. The topological polar surface area (TPSA) is 116 Å². The minimum absolute atomic E-state index is 0.0977. The number of oxime groups is 1. The van der Waals surface area contributed by atoms with Crippen LogP contribution in [0.3, 0.4) is 0 Å². The molecule has 1 atom stereocenters. The van der Waals surface area contributed by atoms with Crippen LogP contribution in [0.5, 0.6) is 0 Å². The Kier molecular flexibility index (Phi) is 4.51. The van der Waals surface area contributed by atoms with Crippen LogP contribution in [-0.2, 0) is 19.2 Å². The molecular weight excluding hydrogens is 284 g/mol. The number of aromatic nitrogens is 1. The zero-order valence-electron chi connectivity index (χ0n) is 10.8. The van der Waals surface area contributed by atoms with Crippen LogP contribution in [0.1, 0.15) is 19.0 Å². The maximum Gasteiger partial charge on any atom is 0.362 e. The number of rotatable bonds is 5. The standard InChI is InChI=1S/C11H14N4O4S/c1-2-18-10(17)8(6-5-20-11(12)14-6)15-19-7-3-4-13-9(7)16/h5,7H,2-4H2,1H3,(H2,12,14)(H,13,16)/b15-8+. The lowest BCUT2D eigenvalue weighted by Gasteiger charge is -2.07. The van der Waals surface area contributed by atoms with E-state index in [4.69, 9.17) is 15.3 Å². The molecule has 1 saturated heterocycles. The largest absolute Gasteiger partial charge is 0.461 e. The van der Waals surface area contributed by atoms with Crippen LogP contribution < -0.4 is 11.1 Å². The van der Waals surface area contributed by atoms with Crippen molar-refractivity contribution in [1.29, 1.82) is 0 Å². The van der Waals surface area contributed by atoms with E-state index < -0.39 is 12.1 Å². The number of carbonyl (C=O) groups excluding carboxylic acids is 2. The second-order valence-electron chi connectivity index (χ2n) is 3.91. The van der Waals surface area contributed by atoms with Gasteiger partial charge in [0.1, 0.15) is 5.69 Å². The summed E-state index contributed by atoms with van der Waals surface area (Å²) in [6, 6.07) is 0. The molecular formula is C11H14N4O4S. The van der Waals surface area contributed by atoms with Crippen LogP contribution in [0.15, 0.2) is 10.5 Å². The van der Waals surface area contributed by atoms with E-state index in [1.807, 2.05) is 0 Å². The molecule has 20 heavy (non-hydrogen) atoms. The molecule has 1 aromatic rings. The Morgan fingerprint density at radius 2 is 2.50 bits per heavy atom. The molecule has 8 nitrogen and oxygen atoms in total. The molecule has 0 aliphatic carbocycles. The summed E-state index contributed by atoms with van der Waals surface area (Å²) in [5.74, 6) is -0.925. The van der Waals surface area contributed by atoms with Crippen molar-refractivity contribution in [1.82, 2.24) is 10.3 Å². The summed E-state index contributed by atoms with van der Waals surface area (Å²) in [5.41, 5.74) is 5.70. The molecule has 2 rings (SSSR count). The van der Waals surface area contributed by atoms with E-state index in [2.05, 4.69) is 15.5 Å². The number of nitrogen functional groups attached to an aromatic ring is 1. The second-order valence-corrected chi connectivity index (χ2v) is 4.79. The van der Waals surface area contributed by atoms with Crippen LogP contribution in [0, 0.1) is 0 Å². The number of hydrogen-bond donors (Lipinski definition) is 2. The molecule has 0 saturated carbocycles. The Morgan fingerprint density at radius 1 is 1.70 bits per heavy atom. The van der Waals surface area contributed by atoms with Gasteiger partial charge in [-0.25, -0.2) is 9.78 Å².